The first-order chi connectivity index (χ1) is 11.6. The molecule has 6 heteroatoms. The van der Waals surface area contributed by atoms with E-state index in [1.807, 2.05) is 6.07 Å². The molecule has 0 heterocycles. The summed E-state index contributed by atoms with van der Waals surface area (Å²) < 4.78 is 4.63. The molecule has 2 aliphatic rings. The van der Waals surface area contributed by atoms with Crippen LogP contribution in [-0.4, -0.2) is 25.2 Å². The molecule has 3 rings (SSSR count). The van der Waals surface area contributed by atoms with Crippen LogP contribution in [-0.2, 0) is 35.2 Å². The zero-order valence-electron chi connectivity index (χ0n) is 13.8. The third kappa shape index (κ3) is 3.07. The van der Waals surface area contributed by atoms with Crippen molar-refractivity contribution in [3.8, 4) is 6.07 Å². The van der Waals surface area contributed by atoms with E-state index in [1.165, 1.54) is 29.4 Å². The lowest BCUT2D eigenvalue weighted by Crippen LogP contribution is -2.43. The van der Waals surface area contributed by atoms with Gasteiger partial charge in [-0.25, -0.2) is 9.59 Å². The summed E-state index contributed by atoms with van der Waals surface area (Å²) in [4.78, 5) is 24.0. The van der Waals surface area contributed by atoms with Crippen molar-refractivity contribution in [2.75, 3.05) is 12.4 Å². The van der Waals surface area contributed by atoms with Gasteiger partial charge in [0.25, 0.3) is 0 Å². The van der Waals surface area contributed by atoms with Crippen LogP contribution in [0.3, 0.4) is 0 Å². The van der Waals surface area contributed by atoms with Crippen LogP contribution in [0.1, 0.15) is 41.5 Å². The van der Waals surface area contributed by atoms with Gasteiger partial charge in [0.15, 0.2) is 0 Å². The molecular formula is C18H21N3O3. The van der Waals surface area contributed by atoms with Crippen molar-refractivity contribution >= 4 is 17.7 Å². The lowest BCUT2D eigenvalue weighted by Gasteiger charge is -2.18. The summed E-state index contributed by atoms with van der Waals surface area (Å²) in [7, 11) is 1.24. The number of aryl methyl sites for hydroxylation is 2. The third-order valence-electron chi connectivity index (χ3n) is 4.80. The van der Waals surface area contributed by atoms with E-state index in [2.05, 4.69) is 21.4 Å². The van der Waals surface area contributed by atoms with Crippen LogP contribution < -0.4 is 10.6 Å². The molecule has 1 aromatic rings. The summed E-state index contributed by atoms with van der Waals surface area (Å²) >= 11 is 0. The molecule has 0 saturated carbocycles. The quantitative estimate of drug-likeness (QED) is 0.830. The van der Waals surface area contributed by atoms with Gasteiger partial charge in [-0.15, -0.1) is 0 Å². The second-order valence-corrected chi connectivity index (χ2v) is 6.27. The minimum Gasteiger partial charge on any atom is -0.467 e. The molecule has 0 spiro atoms. The Balaban J connectivity index is 1.80. The van der Waals surface area contributed by atoms with Crippen molar-refractivity contribution in [3.05, 3.63) is 28.3 Å². The molecule has 0 unspecified atom stereocenters. The summed E-state index contributed by atoms with van der Waals surface area (Å²) in [6.45, 7) is 0. The van der Waals surface area contributed by atoms with Crippen LogP contribution in [0.5, 0.6) is 0 Å². The number of carbonyl (C=O) groups is 2. The lowest BCUT2D eigenvalue weighted by atomic mass is 9.99. The van der Waals surface area contributed by atoms with Gasteiger partial charge in [-0.1, -0.05) is 6.07 Å². The van der Waals surface area contributed by atoms with E-state index in [9.17, 15) is 9.59 Å². The van der Waals surface area contributed by atoms with Crippen LogP contribution in [0.25, 0.3) is 0 Å². The summed E-state index contributed by atoms with van der Waals surface area (Å²) in [6, 6.07) is 2.77. The summed E-state index contributed by atoms with van der Waals surface area (Å²) in [5.41, 5.74) is 6.01. The number of esters is 1. The van der Waals surface area contributed by atoms with E-state index in [4.69, 9.17) is 5.26 Å². The monoisotopic (exact) mass is 327 g/mol. The number of fused-ring (bicyclic) bond motifs is 2. The highest BCUT2D eigenvalue weighted by Crippen LogP contribution is 2.38. The number of anilines is 1. The van der Waals surface area contributed by atoms with Crippen LogP contribution >= 0.6 is 0 Å². The molecule has 0 fully saturated rings. The first kappa shape index (κ1) is 16.3. The van der Waals surface area contributed by atoms with Crippen LogP contribution in [0.2, 0.25) is 0 Å². The van der Waals surface area contributed by atoms with Crippen molar-refractivity contribution in [1.82, 2.24) is 5.32 Å². The maximum atomic E-state index is 12.4. The molecule has 1 atom stereocenters. The molecule has 6 nitrogen and oxygen atoms in total. The molecule has 0 radical (unpaired) electrons. The average molecular weight is 327 g/mol. The van der Waals surface area contributed by atoms with Crippen LogP contribution in [0.4, 0.5) is 10.5 Å². The number of carbonyl (C=O) groups excluding carboxylic acids is 2. The normalized spacial score (nSPS) is 15.8. The zero-order valence-corrected chi connectivity index (χ0v) is 13.8. The highest BCUT2D eigenvalue weighted by atomic mass is 16.5. The number of ether oxygens (including phenoxy) is 1. The van der Waals surface area contributed by atoms with Crippen molar-refractivity contribution in [2.45, 2.75) is 51.0 Å². The standard InChI is InChI=1S/C18H21N3O3/c1-24-17(22)15(8-9-19)20-18(23)21-16-13-6-2-4-11(13)10-12-5-3-7-14(12)16/h10,15H,2-8H2,1H3,(H2,20,21,23)/t15-/m1/s1. The van der Waals surface area contributed by atoms with E-state index in [0.29, 0.717) is 0 Å². The molecule has 2 N–H and O–H groups in total. The first-order valence-corrected chi connectivity index (χ1v) is 8.32. The number of hydrogen-bond acceptors (Lipinski definition) is 4. The predicted octanol–water partition coefficient (Wildman–Crippen LogP) is 2.24. The Labute approximate surface area is 141 Å². The minimum absolute atomic E-state index is 0.120. The first-order valence-electron chi connectivity index (χ1n) is 8.32. The highest BCUT2D eigenvalue weighted by Gasteiger charge is 2.26. The van der Waals surface area contributed by atoms with E-state index in [0.717, 1.165) is 44.2 Å². The number of nitrogens with zero attached hydrogens (tertiary/aromatic N) is 1. The molecule has 1 aromatic carbocycles. The second kappa shape index (κ2) is 6.91. The van der Waals surface area contributed by atoms with Gasteiger partial charge in [0.1, 0.15) is 6.04 Å². The van der Waals surface area contributed by atoms with E-state index in [-0.39, 0.29) is 6.42 Å². The van der Waals surface area contributed by atoms with Gasteiger partial charge in [-0.2, -0.15) is 5.26 Å². The third-order valence-corrected chi connectivity index (χ3v) is 4.80. The van der Waals surface area contributed by atoms with Crippen molar-refractivity contribution < 1.29 is 14.3 Å². The summed E-state index contributed by atoms with van der Waals surface area (Å²) in [5, 5.41) is 14.3. The zero-order chi connectivity index (χ0) is 17.1. The van der Waals surface area contributed by atoms with Gasteiger partial charge in [0, 0.05) is 5.69 Å². The number of methoxy groups -OCH3 is 1. The smallest absolute Gasteiger partial charge is 0.329 e. The number of nitriles is 1. The van der Waals surface area contributed by atoms with Gasteiger partial charge < -0.3 is 15.4 Å². The van der Waals surface area contributed by atoms with Crippen LogP contribution in [0.15, 0.2) is 6.07 Å². The topological polar surface area (TPSA) is 91.2 Å². The molecule has 0 saturated heterocycles. The molecule has 0 bridgehead atoms. The Bertz CT molecular complexity index is 689. The number of urea groups is 1. The highest BCUT2D eigenvalue weighted by molar-refractivity contribution is 5.94. The largest absolute Gasteiger partial charge is 0.467 e. The number of rotatable bonds is 4. The molecule has 24 heavy (non-hydrogen) atoms. The van der Waals surface area contributed by atoms with Crippen molar-refractivity contribution in [2.24, 2.45) is 0 Å². The van der Waals surface area contributed by atoms with Gasteiger partial charge in [0.05, 0.1) is 19.6 Å². The predicted molar refractivity (Wildman–Crippen MR) is 88.7 cm³/mol. The van der Waals surface area contributed by atoms with Crippen molar-refractivity contribution in [3.63, 3.8) is 0 Å². The van der Waals surface area contributed by atoms with E-state index in [1.54, 1.807) is 0 Å². The van der Waals surface area contributed by atoms with E-state index >= 15 is 0 Å². The van der Waals surface area contributed by atoms with Gasteiger partial charge in [-0.05, 0) is 60.8 Å². The fourth-order valence-corrected chi connectivity index (χ4v) is 3.70. The number of benzene rings is 1. The van der Waals surface area contributed by atoms with Gasteiger partial charge in [0.2, 0.25) is 0 Å². The SMILES string of the molecule is COC(=O)[C@@H](CC#N)NC(=O)Nc1c2c(cc3c1CCC3)CCC2. The average Bonchev–Trinajstić information content (AvgIpc) is 3.22. The van der Waals surface area contributed by atoms with E-state index < -0.39 is 18.0 Å². The fraction of sp³-hybridized carbons (Fsp3) is 0.500. The fourth-order valence-electron chi connectivity index (χ4n) is 3.70. The Hall–Kier alpha value is -2.55. The molecule has 2 aliphatic carbocycles. The van der Waals surface area contributed by atoms with Gasteiger partial charge in [-0.3, -0.25) is 0 Å². The number of hydrogen-bond donors (Lipinski definition) is 2. The maximum Gasteiger partial charge on any atom is 0.329 e. The molecular weight excluding hydrogens is 306 g/mol. The lowest BCUT2D eigenvalue weighted by molar-refractivity contribution is -0.142. The van der Waals surface area contributed by atoms with Crippen LogP contribution in [0, 0.1) is 11.3 Å². The Kier molecular flexibility index (Phi) is 4.70. The Morgan fingerprint density at radius 2 is 1.83 bits per heavy atom. The molecule has 126 valence electrons. The Morgan fingerprint density at radius 3 is 2.38 bits per heavy atom. The molecule has 0 aromatic heterocycles. The summed E-state index contributed by atoms with van der Waals surface area (Å²) in [5.74, 6) is -0.616. The second-order valence-electron chi connectivity index (χ2n) is 6.27. The minimum atomic E-state index is -0.954. The number of amides is 2. The maximum absolute atomic E-state index is 12.4. The van der Waals surface area contributed by atoms with Crippen molar-refractivity contribution in [1.29, 1.82) is 5.26 Å². The molecule has 0 aliphatic heterocycles. The summed E-state index contributed by atoms with van der Waals surface area (Å²) in [6.07, 6.45) is 6.14. The van der Waals surface area contributed by atoms with Gasteiger partial charge >= 0.3 is 12.0 Å². The molecule has 2 amide bonds. The Morgan fingerprint density at radius 1 is 1.21 bits per heavy atom. The number of nitrogens with one attached hydrogen (secondary N) is 2.